The quantitative estimate of drug-likeness (QED) is 0.129. The molecule has 0 aliphatic carbocycles. The first-order chi connectivity index (χ1) is 58.4. The topological polar surface area (TPSA) is 74.6 Å². The Labute approximate surface area is 683 Å². The van der Waals surface area contributed by atoms with Crippen molar-refractivity contribution in [1.29, 1.82) is 0 Å². The molecule has 24 aromatic rings. The van der Waals surface area contributed by atoms with Crippen LogP contribution in [0, 0.1) is 0 Å². The Morgan fingerprint density at radius 2 is 0.559 bits per heavy atom. The van der Waals surface area contributed by atoms with E-state index < -0.39 is 0 Å². The van der Waals surface area contributed by atoms with E-state index in [1.165, 1.54) is 97.4 Å². The molecule has 8 heteroatoms. The molecule has 0 saturated carbocycles. The fourth-order valence-corrected chi connectivity index (χ4v) is 18.7. The van der Waals surface area contributed by atoms with Crippen LogP contribution in [0.15, 0.2) is 417 Å². The van der Waals surface area contributed by atoms with Crippen molar-refractivity contribution in [1.82, 2.24) is 29.1 Å². The predicted molar refractivity (Wildman–Crippen MR) is 494 cm³/mol. The molecule has 0 N–H and O–H groups in total. The van der Waals surface area contributed by atoms with Crippen LogP contribution in [0.3, 0.4) is 0 Å². The molecule has 0 atom stereocenters. The molecule has 6 heterocycles. The van der Waals surface area contributed by atoms with E-state index in [1.807, 2.05) is 29.5 Å². The van der Waals surface area contributed by atoms with Crippen molar-refractivity contribution in [3.63, 3.8) is 0 Å². The molecule has 0 spiro atoms. The number of nitrogens with zero attached hydrogens (tertiary/aromatic N) is 6. The lowest BCUT2D eigenvalue weighted by atomic mass is 9.96. The summed E-state index contributed by atoms with van der Waals surface area (Å²) in [6, 6.07) is 147. The second-order valence-electron chi connectivity index (χ2n) is 30.3. The Morgan fingerprint density at radius 3 is 1.16 bits per heavy atom. The van der Waals surface area contributed by atoms with Crippen LogP contribution in [0.2, 0.25) is 0 Å². The lowest BCUT2D eigenvalue weighted by molar-refractivity contribution is 0.669. The van der Waals surface area contributed by atoms with Gasteiger partial charge in [0.15, 0.2) is 0 Å². The summed E-state index contributed by atoms with van der Waals surface area (Å²) in [6.07, 6.45) is 0. The summed E-state index contributed by atoms with van der Waals surface area (Å²) in [5.41, 5.74) is 28.4. The molecule has 118 heavy (non-hydrogen) atoms. The fourth-order valence-electron chi connectivity index (χ4n) is 17.6. The monoisotopic (exact) mass is 1520 g/mol. The minimum absolute atomic E-state index is 0.650. The van der Waals surface area contributed by atoms with Crippen LogP contribution < -0.4 is 0 Å². The molecule has 0 saturated heterocycles. The number of aromatic nitrogens is 6. The van der Waals surface area contributed by atoms with Crippen LogP contribution in [-0.4, -0.2) is 29.1 Å². The number of thiophene rings is 1. The van der Waals surface area contributed by atoms with Gasteiger partial charge in [-0.05, 0) is 180 Å². The zero-order valence-corrected chi connectivity index (χ0v) is 64.6. The molecule has 24 rings (SSSR count). The van der Waals surface area contributed by atoms with Gasteiger partial charge in [0.2, 0.25) is 11.9 Å². The molecular formula is C110H68N6OS. The van der Waals surface area contributed by atoms with E-state index in [4.69, 9.17) is 24.4 Å². The number of furan rings is 1. The SMILES string of the molecule is c1ccc(-c2ccc(-c3cccc(-c4nc(-n5c6ccccc6c6cc(-c7ccc(-c8ccc9sc%10ccccc%10c9c8)cc7)ccc65)nc5ccccc45)c3)cc2)cc1.c1ccc2c(-c3ccc(-c4nc(-n5c6ccccc6c6cc(-c7ccc(-c8ccc9oc%10ccccc%10c9c8)cc7)ccc65)nc5ccccc45)cc3)cccc2c1. The highest BCUT2D eigenvalue weighted by Gasteiger charge is 2.22. The van der Waals surface area contributed by atoms with Crippen LogP contribution in [0.4, 0.5) is 0 Å². The van der Waals surface area contributed by atoms with E-state index in [0.29, 0.717) is 11.9 Å². The first-order valence-corrected chi connectivity index (χ1v) is 40.8. The Morgan fingerprint density at radius 1 is 0.195 bits per heavy atom. The van der Waals surface area contributed by atoms with E-state index >= 15 is 0 Å². The van der Waals surface area contributed by atoms with Crippen LogP contribution in [0.25, 0.3) is 231 Å². The predicted octanol–water partition coefficient (Wildman–Crippen LogP) is 29.9. The first kappa shape index (κ1) is 68.1. The zero-order valence-electron chi connectivity index (χ0n) is 63.8. The first-order valence-electron chi connectivity index (χ1n) is 40.0. The highest BCUT2D eigenvalue weighted by atomic mass is 32.1. The second kappa shape index (κ2) is 28.3. The summed E-state index contributed by atoms with van der Waals surface area (Å²) in [5, 5.41) is 14.1. The molecule has 0 amide bonds. The van der Waals surface area contributed by atoms with Crippen LogP contribution in [0.1, 0.15) is 0 Å². The van der Waals surface area contributed by atoms with Crippen molar-refractivity contribution in [3.05, 3.63) is 413 Å². The summed E-state index contributed by atoms with van der Waals surface area (Å²) in [4.78, 5) is 21.2. The molecule has 18 aromatic carbocycles. The van der Waals surface area contributed by atoms with Crippen molar-refractivity contribution >= 4 is 130 Å². The largest absolute Gasteiger partial charge is 0.456 e. The summed E-state index contributed by atoms with van der Waals surface area (Å²) in [6.45, 7) is 0. The minimum Gasteiger partial charge on any atom is -0.456 e. The van der Waals surface area contributed by atoms with Crippen molar-refractivity contribution < 1.29 is 4.42 Å². The molecule has 0 radical (unpaired) electrons. The molecular weight excluding hydrogens is 1450 g/mol. The maximum Gasteiger partial charge on any atom is 0.235 e. The molecule has 6 aromatic heterocycles. The number of para-hydroxylation sites is 5. The average molecular weight is 1520 g/mol. The third kappa shape index (κ3) is 11.9. The van der Waals surface area contributed by atoms with Crippen LogP contribution in [0.5, 0.6) is 0 Å². The molecule has 550 valence electrons. The van der Waals surface area contributed by atoms with Gasteiger partial charge in [0.1, 0.15) is 11.2 Å². The highest BCUT2D eigenvalue weighted by molar-refractivity contribution is 7.25. The van der Waals surface area contributed by atoms with Crippen molar-refractivity contribution in [3.8, 4) is 112 Å². The fraction of sp³-hybridized carbons (Fsp3) is 0. The minimum atomic E-state index is 0.650. The Balaban J connectivity index is 0.000000138. The van der Waals surface area contributed by atoms with E-state index in [-0.39, 0.29) is 0 Å². The molecule has 0 aliphatic rings. The van der Waals surface area contributed by atoms with Gasteiger partial charge in [-0.25, -0.2) is 19.9 Å². The molecule has 0 aliphatic heterocycles. The molecule has 0 bridgehead atoms. The highest BCUT2D eigenvalue weighted by Crippen LogP contribution is 2.43. The van der Waals surface area contributed by atoms with E-state index in [2.05, 4.69) is 403 Å². The number of benzene rings is 18. The summed E-state index contributed by atoms with van der Waals surface area (Å²) in [5.74, 6) is 1.30. The van der Waals surface area contributed by atoms with Crippen LogP contribution in [-0.2, 0) is 0 Å². The summed E-state index contributed by atoms with van der Waals surface area (Å²) in [7, 11) is 0. The molecule has 0 fully saturated rings. The van der Waals surface area contributed by atoms with Gasteiger partial charge >= 0.3 is 0 Å². The van der Waals surface area contributed by atoms with Gasteiger partial charge < -0.3 is 4.42 Å². The maximum absolute atomic E-state index is 6.08. The lowest BCUT2D eigenvalue weighted by Gasteiger charge is -2.13. The van der Waals surface area contributed by atoms with E-state index in [1.54, 1.807) is 0 Å². The second-order valence-corrected chi connectivity index (χ2v) is 31.4. The van der Waals surface area contributed by atoms with Gasteiger partial charge in [-0.3, -0.25) is 9.13 Å². The third-order valence-electron chi connectivity index (χ3n) is 23.5. The smallest absolute Gasteiger partial charge is 0.235 e. The number of hydrogen-bond donors (Lipinski definition) is 0. The van der Waals surface area contributed by atoms with E-state index in [0.717, 1.165) is 121 Å². The zero-order chi connectivity index (χ0) is 77.7. The summed E-state index contributed by atoms with van der Waals surface area (Å²) < 4.78 is 13.2. The standard InChI is InChI=1S/C56H35N3S.C54H33N3O/c1-2-11-36(12-3-1)37-21-23-38(24-22-37)41-13-10-14-44(33-41)55-47-17-4-7-18-50(47)57-56(58-55)59-51-19-8-5-15-45(51)48-34-42(29-31-52(48)59)39-25-27-40(28-26-39)43-30-32-54-49(35-43)46-16-6-9-20-53(46)60-54;1-2-12-41-36(10-1)11-9-16-42(41)37-24-26-38(27-25-37)53-45-15-3-6-17-48(45)55-54(56-53)57-49-18-7-4-13-43(49)46-32-39(28-30-50(46)57)34-20-22-35(23-21-34)40-29-31-52-47(33-40)44-14-5-8-19-51(44)58-52/h1-35H;1-33H. The van der Waals surface area contributed by atoms with E-state index in [9.17, 15) is 0 Å². The van der Waals surface area contributed by atoms with Crippen molar-refractivity contribution in [2.24, 2.45) is 0 Å². The molecule has 7 nitrogen and oxygen atoms in total. The van der Waals surface area contributed by atoms with Crippen LogP contribution >= 0.6 is 11.3 Å². The number of fused-ring (bicyclic) bond motifs is 15. The third-order valence-corrected chi connectivity index (χ3v) is 24.7. The van der Waals surface area contributed by atoms with Gasteiger partial charge in [-0.15, -0.1) is 11.3 Å². The normalized spacial score (nSPS) is 11.7. The Kier molecular flexibility index (Phi) is 16.3. The molecule has 0 unspecified atom stereocenters. The average Bonchev–Trinajstić information content (AvgIpc) is 1.57. The Bertz CT molecular complexity index is 8090. The van der Waals surface area contributed by atoms with Gasteiger partial charge in [0.05, 0.1) is 44.5 Å². The number of rotatable bonds is 11. The van der Waals surface area contributed by atoms with Crippen molar-refractivity contribution in [2.75, 3.05) is 0 Å². The number of hydrogen-bond acceptors (Lipinski definition) is 6. The maximum atomic E-state index is 6.08. The Hall–Kier alpha value is -15.5. The van der Waals surface area contributed by atoms with Gasteiger partial charge in [-0.1, -0.05) is 322 Å². The summed E-state index contributed by atoms with van der Waals surface area (Å²) >= 11 is 1.86. The van der Waals surface area contributed by atoms with Gasteiger partial charge in [-0.2, -0.15) is 0 Å². The van der Waals surface area contributed by atoms with Gasteiger partial charge in [0, 0.05) is 74.4 Å². The van der Waals surface area contributed by atoms with Crippen molar-refractivity contribution in [2.45, 2.75) is 0 Å². The van der Waals surface area contributed by atoms with Gasteiger partial charge in [0.25, 0.3) is 0 Å². The lowest BCUT2D eigenvalue weighted by Crippen LogP contribution is -2.03.